The number of rotatable bonds is 8. The zero-order valence-electron chi connectivity index (χ0n) is 8.08. The van der Waals surface area contributed by atoms with Crippen molar-refractivity contribution >= 4 is 12.6 Å². The number of hydrogen-bond acceptors (Lipinski definition) is 6. The average Bonchev–Trinajstić information content (AvgIpc) is 2.23. The van der Waals surface area contributed by atoms with Crippen LogP contribution in [-0.2, 0) is 23.8 Å². The molecule has 0 saturated heterocycles. The van der Waals surface area contributed by atoms with Gasteiger partial charge in [-0.2, -0.15) is 0 Å². The lowest BCUT2D eigenvalue weighted by Crippen LogP contribution is -2.38. The van der Waals surface area contributed by atoms with Gasteiger partial charge in [-0.1, -0.05) is 0 Å². The van der Waals surface area contributed by atoms with E-state index in [4.69, 9.17) is 14.6 Å². The minimum Gasteiger partial charge on any atom is -0.383 e. The molecule has 0 bridgehead atoms. The number of carbonyl (C=O) groups is 2. The number of carbonyl (C=O) groups excluding carboxylic acids is 2. The van der Waals surface area contributed by atoms with Gasteiger partial charge in [0.05, 0.1) is 6.61 Å². The highest BCUT2D eigenvalue weighted by molar-refractivity contribution is 5.57. The molecule has 0 aromatic carbocycles. The summed E-state index contributed by atoms with van der Waals surface area (Å²) in [5.74, 6) is 0. The van der Waals surface area contributed by atoms with Gasteiger partial charge in [-0.3, -0.25) is 4.79 Å². The summed E-state index contributed by atoms with van der Waals surface area (Å²) >= 11 is 0. The molecule has 0 aromatic heterocycles. The van der Waals surface area contributed by atoms with E-state index in [0.29, 0.717) is 12.6 Å². The molecule has 0 aliphatic carbocycles. The van der Waals surface area contributed by atoms with Gasteiger partial charge in [-0.05, 0) is 0 Å². The molecule has 0 aromatic rings. The SMILES string of the molecule is COCC(O[C@@H](C=O)OC)[C@@H](O)C=O. The Morgan fingerprint density at radius 1 is 1.29 bits per heavy atom. The summed E-state index contributed by atoms with van der Waals surface area (Å²) in [5, 5.41) is 9.14. The summed E-state index contributed by atoms with van der Waals surface area (Å²) in [6.07, 6.45) is -2.63. The molecule has 1 N–H and O–H groups in total. The van der Waals surface area contributed by atoms with E-state index in [1.54, 1.807) is 0 Å². The lowest BCUT2D eigenvalue weighted by molar-refractivity contribution is -0.186. The molecule has 1 unspecified atom stereocenters. The first-order chi connectivity index (χ1) is 6.69. The van der Waals surface area contributed by atoms with E-state index in [2.05, 4.69) is 4.74 Å². The van der Waals surface area contributed by atoms with Crippen molar-refractivity contribution in [3.05, 3.63) is 0 Å². The Balaban J connectivity index is 4.18. The van der Waals surface area contributed by atoms with Gasteiger partial charge in [-0.15, -0.1) is 0 Å². The van der Waals surface area contributed by atoms with Crippen LogP contribution in [0.2, 0.25) is 0 Å². The molecule has 0 fully saturated rings. The fraction of sp³-hybridized carbons (Fsp3) is 0.750. The number of methoxy groups -OCH3 is 2. The van der Waals surface area contributed by atoms with Crippen molar-refractivity contribution in [1.29, 1.82) is 0 Å². The molecule has 6 heteroatoms. The highest BCUT2D eigenvalue weighted by Gasteiger charge is 2.23. The minimum atomic E-state index is -1.34. The van der Waals surface area contributed by atoms with Crippen LogP contribution in [0.3, 0.4) is 0 Å². The maximum absolute atomic E-state index is 10.3. The summed E-state index contributed by atoms with van der Waals surface area (Å²) < 4.78 is 14.2. The highest BCUT2D eigenvalue weighted by atomic mass is 16.7. The molecule has 6 nitrogen and oxygen atoms in total. The van der Waals surface area contributed by atoms with Crippen LogP contribution >= 0.6 is 0 Å². The van der Waals surface area contributed by atoms with Crippen molar-refractivity contribution in [2.75, 3.05) is 20.8 Å². The number of aliphatic hydroxyl groups excluding tert-OH is 1. The first kappa shape index (κ1) is 13.2. The maximum atomic E-state index is 10.3. The van der Waals surface area contributed by atoms with Crippen LogP contribution in [0.15, 0.2) is 0 Å². The number of hydrogen-bond donors (Lipinski definition) is 1. The summed E-state index contributed by atoms with van der Waals surface area (Å²) in [7, 11) is 2.66. The number of ether oxygens (including phenoxy) is 3. The molecular weight excluding hydrogens is 192 g/mol. The first-order valence-corrected chi connectivity index (χ1v) is 3.95. The zero-order chi connectivity index (χ0) is 11.0. The third-order valence-electron chi connectivity index (χ3n) is 1.50. The molecule has 0 saturated carbocycles. The average molecular weight is 206 g/mol. The Hall–Kier alpha value is -0.820. The third-order valence-corrected chi connectivity index (χ3v) is 1.50. The van der Waals surface area contributed by atoms with E-state index in [1.807, 2.05) is 0 Å². The third kappa shape index (κ3) is 4.43. The van der Waals surface area contributed by atoms with E-state index < -0.39 is 18.5 Å². The first-order valence-electron chi connectivity index (χ1n) is 3.95. The number of aliphatic hydroxyl groups is 1. The van der Waals surface area contributed by atoms with Crippen molar-refractivity contribution in [3.63, 3.8) is 0 Å². The molecule has 0 rings (SSSR count). The Morgan fingerprint density at radius 3 is 2.29 bits per heavy atom. The molecule has 0 aliphatic rings. The van der Waals surface area contributed by atoms with Crippen LogP contribution in [-0.4, -0.2) is 57.0 Å². The van der Waals surface area contributed by atoms with Crippen LogP contribution in [0.4, 0.5) is 0 Å². The molecule has 0 heterocycles. The lowest BCUT2D eigenvalue weighted by Gasteiger charge is -2.21. The predicted molar refractivity (Wildman–Crippen MR) is 45.7 cm³/mol. The van der Waals surface area contributed by atoms with Crippen LogP contribution in [0, 0.1) is 0 Å². The predicted octanol–water partition coefficient (Wildman–Crippen LogP) is -1.25. The topological polar surface area (TPSA) is 82.1 Å². The van der Waals surface area contributed by atoms with E-state index in [9.17, 15) is 9.59 Å². The normalized spacial score (nSPS) is 17.1. The Morgan fingerprint density at radius 2 is 1.93 bits per heavy atom. The summed E-state index contributed by atoms with van der Waals surface area (Å²) in [6.45, 7) is -0.00634. The smallest absolute Gasteiger partial charge is 0.214 e. The van der Waals surface area contributed by atoms with Crippen LogP contribution < -0.4 is 0 Å². The van der Waals surface area contributed by atoms with Crippen molar-refractivity contribution in [1.82, 2.24) is 0 Å². The van der Waals surface area contributed by atoms with Crippen LogP contribution in [0.25, 0.3) is 0 Å². The summed E-state index contributed by atoms with van der Waals surface area (Å²) in [5.41, 5.74) is 0. The zero-order valence-corrected chi connectivity index (χ0v) is 8.08. The second-order valence-corrected chi connectivity index (χ2v) is 2.50. The van der Waals surface area contributed by atoms with Gasteiger partial charge in [-0.25, -0.2) is 0 Å². The van der Waals surface area contributed by atoms with Crippen LogP contribution in [0.1, 0.15) is 0 Å². The van der Waals surface area contributed by atoms with E-state index in [1.165, 1.54) is 14.2 Å². The Bertz CT molecular complexity index is 165. The van der Waals surface area contributed by atoms with Gasteiger partial charge >= 0.3 is 0 Å². The van der Waals surface area contributed by atoms with E-state index >= 15 is 0 Å². The van der Waals surface area contributed by atoms with Gasteiger partial charge in [0.1, 0.15) is 12.2 Å². The molecular formula is C8H14O6. The van der Waals surface area contributed by atoms with Crippen LogP contribution in [0.5, 0.6) is 0 Å². The fourth-order valence-corrected chi connectivity index (χ4v) is 0.786. The second-order valence-electron chi connectivity index (χ2n) is 2.50. The van der Waals surface area contributed by atoms with Crippen molar-refractivity contribution < 1.29 is 28.9 Å². The Kier molecular flexibility index (Phi) is 7.13. The standard InChI is InChI=1S/C8H14O6/c1-12-5-7(6(11)3-9)14-8(4-10)13-2/h3-4,6-8,11H,5H2,1-2H3/t6-,7?,8-/m0/s1. The molecule has 0 aliphatic heterocycles. The Labute approximate surface area is 81.8 Å². The van der Waals surface area contributed by atoms with Gasteiger partial charge in [0.25, 0.3) is 0 Å². The van der Waals surface area contributed by atoms with Gasteiger partial charge in [0, 0.05) is 14.2 Å². The molecule has 14 heavy (non-hydrogen) atoms. The van der Waals surface area contributed by atoms with Crippen molar-refractivity contribution in [3.8, 4) is 0 Å². The second kappa shape index (κ2) is 7.57. The molecule has 0 amide bonds. The van der Waals surface area contributed by atoms with Gasteiger partial charge < -0.3 is 24.1 Å². The van der Waals surface area contributed by atoms with Gasteiger partial charge in [0.15, 0.2) is 12.6 Å². The summed E-state index contributed by atoms with van der Waals surface area (Å²) in [4.78, 5) is 20.6. The van der Waals surface area contributed by atoms with E-state index in [0.717, 1.165) is 0 Å². The van der Waals surface area contributed by atoms with Gasteiger partial charge in [0.2, 0.25) is 6.29 Å². The van der Waals surface area contributed by atoms with Crippen molar-refractivity contribution in [2.45, 2.75) is 18.5 Å². The quantitative estimate of drug-likeness (QED) is 0.394. The fourth-order valence-electron chi connectivity index (χ4n) is 0.786. The molecule has 3 atom stereocenters. The molecule has 0 radical (unpaired) electrons. The van der Waals surface area contributed by atoms with E-state index in [-0.39, 0.29) is 6.61 Å². The minimum absolute atomic E-state index is 0.00634. The summed E-state index contributed by atoms with van der Waals surface area (Å²) in [6, 6.07) is 0. The highest BCUT2D eigenvalue weighted by Crippen LogP contribution is 2.02. The molecule has 0 spiro atoms. The number of aldehydes is 2. The molecule has 82 valence electrons. The monoisotopic (exact) mass is 206 g/mol. The van der Waals surface area contributed by atoms with Crippen molar-refractivity contribution in [2.24, 2.45) is 0 Å². The largest absolute Gasteiger partial charge is 0.383 e. The lowest BCUT2D eigenvalue weighted by atomic mass is 10.2. The maximum Gasteiger partial charge on any atom is 0.214 e.